The first-order valence-electron chi connectivity index (χ1n) is 10.2. The monoisotopic (exact) mass is 365 g/mol. The van der Waals surface area contributed by atoms with Crippen molar-refractivity contribution in [2.45, 2.75) is 71.0 Å². The van der Waals surface area contributed by atoms with Crippen LogP contribution >= 0.6 is 0 Å². The Morgan fingerprint density at radius 2 is 1.65 bits per heavy atom. The van der Waals surface area contributed by atoms with Gasteiger partial charge in [0.25, 0.3) is 0 Å². The van der Waals surface area contributed by atoms with Crippen molar-refractivity contribution in [3.63, 3.8) is 0 Å². The van der Waals surface area contributed by atoms with E-state index < -0.39 is 8.24 Å². The molecule has 3 heteroatoms. The molecule has 0 aliphatic heterocycles. The lowest BCUT2D eigenvalue weighted by Gasteiger charge is -2.44. The van der Waals surface area contributed by atoms with Gasteiger partial charge in [0.2, 0.25) is 0 Å². The third-order valence-corrected chi connectivity index (χ3v) is 13.8. The number of aromatic nitrogens is 1. The molecule has 0 fully saturated rings. The second kappa shape index (κ2) is 5.95. The molecule has 2 nitrogen and oxygen atoms in total. The van der Waals surface area contributed by atoms with Crippen molar-refractivity contribution >= 4 is 30.5 Å². The van der Waals surface area contributed by atoms with E-state index in [1.54, 1.807) is 0 Å². The van der Waals surface area contributed by atoms with Crippen molar-refractivity contribution < 1.29 is 4.79 Å². The van der Waals surface area contributed by atoms with Gasteiger partial charge in [-0.2, -0.15) is 0 Å². The summed E-state index contributed by atoms with van der Waals surface area (Å²) < 4.78 is 2.74. The third kappa shape index (κ3) is 2.19. The lowest BCUT2D eigenvalue weighted by Crippen LogP contribution is -2.51. The van der Waals surface area contributed by atoms with Gasteiger partial charge in [0, 0.05) is 17.3 Å². The Hall–Kier alpha value is -1.61. The predicted octanol–water partition coefficient (Wildman–Crippen LogP) is 6.19. The lowest BCUT2D eigenvalue weighted by molar-refractivity contribution is -0.114. The molecule has 26 heavy (non-hydrogen) atoms. The number of nitrogens with zero attached hydrogens (tertiary/aromatic N) is 1. The average Bonchev–Trinajstić information content (AvgIpc) is 3.09. The van der Waals surface area contributed by atoms with Crippen LogP contribution in [-0.4, -0.2) is 18.3 Å². The highest BCUT2D eigenvalue weighted by Gasteiger charge is 2.46. The number of carbonyl (C=O) groups excluding carboxylic acids is 1. The molecule has 4 rings (SSSR count). The molecule has 2 aliphatic carbocycles. The molecule has 2 aromatic rings. The number of benzene rings is 1. The number of carbonyl (C=O) groups is 1. The van der Waals surface area contributed by atoms with Gasteiger partial charge in [-0.1, -0.05) is 53.7 Å². The first-order valence-corrected chi connectivity index (χ1v) is 12.3. The Labute approximate surface area is 158 Å². The van der Waals surface area contributed by atoms with Gasteiger partial charge >= 0.3 is 0 Å². The van der Waals surface area contributed by atoms with E-state index in [2.05, 4.69) is 70.2 Å². The zero-order valence-corrected chi connectivity index (χ0v) is 18.0. The van der Waals surface area contributed by atoms with E-state index in [9.17, 15) is 4.79 Å². The quantitative estimate of drug-likeness (QED) is 0.592. The Morgan fingerprint density at radius 3 is 2.27 bits per heavy atom. The molecule has 2 aliphatic rings. The molecular weight excluding hydrogens is 334 g/mol. The Balaban J connectivity index is 2.04. The summed E-state index contributed by atoms with van der Waals surface area (Å²) in [5, 5.41) is 1.42. The number of hydrogen-bond acceptors (Lipinski definition) is 1. The van der Waals surface area contributed by atoms with Crippen molar-refractivity contribution in [1.29, 1.82) is 0 Å². The standard InChI is InChI=1S/C23H31NOSi/c1-14(2)26(15(3)4,16(5)6)24-13-18-10-17-11-19(25)12-21(17)20-8-7-9-22(24)23(18)20/h7-9,12-17H,10-11H2,1-6H3. The fourth-order valence-corrected chi connectivity index (χ4v) is 13.0. The molecule has 0 amide bonds. The summed E-state index contributed by atoms with van der Waals surface area (Å²) in [6, 6.07) is 6.75. The topological polar surface area (TPSA) is 22.0 Å². The zero-order chi connectivity index (χ0) is 18.8. The molecule has 1 unspecified atom stereocenters. The van der Waals surface area contributed by atoms with Gasteiger partial charge in [0.1, 0.15) is 0 Å². The highest BCUT2D eigenvalue weighted by atomic mass is 28.3. The molecular formula is C23H31NOSi. The summed E-state index contributed by atoms with van der Waals surface area (Å²) in [7, 11) is -1.78. The Bertz CT molecular complexity index is 894. The van der Waals surface area contributed by atoms with Gasteiger partial charge in [-0.3, -0.25) is 4.79 Å². The van der Waals surface area contributed by atoms with Crippen LogP contribution in [0, 0.1) is 5.92 Å². The second-order valence-electron chi connectivity index (χ2n) is 9.25. The van der Waals surface area contributed by atoms with Crippen LogP contribution in [0.3, 0.4) is 0 Å². The maximum absolute atomic E-state index is 12.0. The van der Waals surface area contributed by atoms with Gasteiger partial charge in [0.05, 0.1) is 0 Å². The van der Waals surface area contributed by atoms with Gasteiger partial charge in [-0.15, -0.1) is 0 Å². The maximum atomic E-state index is 12.0. The normalized spacial score (nSPS) is 19.8. The Kier molecular flexibility index (Phi) is 4.07. The van der Waals surface area contributed by atoms with E-state index in [1.807, 2.05) is 6.08 Å². The first-order chi connectivity index (χ1) is 12.3. The summed E-state index contributed by atoms with van der Waals surface area (Å²) in [6.07, 6.45) is 6.12. The number of ketones is 1. The molecule has 0 N–H and O–H groups in total. The number of rotatable bonds is 4. The third-order valence-electron chi connectivity index (χ3n) is 7.08. The predicted molar refractivity (Wildman–Crippen MR) is 113 cm³/mol. The van der Waals surface area contributed by atoms with Crippen LogP contribution < -0.4 is 0 Å². The van der Waals surface area contributed by atoms with Crippen LogP contribution in [0.25, 0.3) is 16.5 Å². The van der Waals surface area contributed by atoms with Crippen molar-refractivity contribution in [3.05, 3.63) is 41.6 Å². The van der Waals surface area contributed by atoms with E-state index in [0.29, 0.717) is 34.7 Å². The lowest BCUT2D eigenvalue weighted by atomic mass is 9.82. The highest BCUT2D eigenvalue weighted by Crippen LogP contribution is 2.49. The molecule has 1 aromatic heterocycles. The highest BCUT2D eigenvalue weighted by molar-refractivity contribution is 6.82. The van der Waals surface area contributed by atoms with E-state index >= 15 is 0 Å². The second-order valence-corrected chi connectivity index (χ2v) is 15.0. The van der Waals surface area contributed by atoms with Gasteiger partial charge in [-0.25, -0.2) is 0 Å². The van der Waals surface area contributed by atoms with E-state index in [0.717, 1.165) is 6.42 Å². The zero-order valence-electron chi connectivity index (χ0n) is 17.0. The maximum Gasteiger partial charge on any atom is 0.169 e. The molecule has 0 radical (unpaired) electrons. The molecule has 138 valence electrons. The van der Waals surface area contributed by atoms with Crippen LogP contribution in [-0.2, 0) is 11.2 Å². The van der Waals surface area contributed by atoms with E-state index in [1.165, 1.54) is 27.6 Å². The summed E-state index contributed by atoms with van der Waals surface area (Å²) in [4.78, 5) is 12.0. The van der Waals surface area contributed by atoms with Crippen LogP contribution in [0.2, 0.25) is 16.6 Å². The van der Waals surface area contributed by atoms with Crippen molar-refractivity contribution in [2.24, 2.45) is 5.92 Å². The van der Waals surface area contributed by atoms with Gasteiger partial charge < -0.3 is 4.23 Å². The van der Waals surface area contributed by atoms with Crippen molar-refractivity contribution in [1.82, 2.24) is 4.23 Å². The largest absolute Gasteiger partial charge is 0.373 e. The minimum atomic E-state index is -1.78. The number of hydrogen-bond donors (Lipinski definition) is 0. The molecule has 1 aromatic carbocycles. The van der Waals surface area contributed by atoms with E-state index in [4.69, 9.17) is 0 Å². The summed E-state index contributed by atoms with van der Waals surface area (Å²) >= 11 is 0. The van der Waals surface area contributed by atoms with Crippen molar-refractivity contribution in [3.8, 4) is 0 Å². The summed E-state index contributed by atoms with van der Waals surface area (Å²) in [5.74, 6) is 0.694. The molecule has 0 bridgehead atoms. The number of allylic oxidation sites excluding steroid dienone is 2. The summed E-state index contributed by atoms with van der Waals surface area (Å²) in [6.45, 7) is 14.6. The number of fused-ring (bicyclic) bond motifs is 2. The van der Waals surface area contributed by atoms with Gasteiger partial charge in [0.15, 0.2) is 14.0 Å². The average molecular weight is 366 g/mol. The molecule has 0 saturated carbocycles. The smallest absolute Gasteiger partial charge is 0.169 e. The van der Waals surface area contributed by atoms with Crippen LogP contribution in [0.1, 0.15) is 59.1 Å². The molecule has 1 atom stereocenters. The molecule has 0 saturated heterocycles. The fourth-order valence-electron chi connectivity index (χ4n) is 6.37. The minimum absolute atomic E-state index is 0.301. The molecule has 0 spiro atoms. The van der Waals surface area contributed by atoms with E-state index in [-0.39, 0.29) is 0 Å². The Morgan fingerprint density at radius 1 is 1.00 bits per heavy atom. The van der Waals surface area contributed by atoms with Crippen LogP contribution in [0.15, 0.2) is 30.5 Å². The fraction of sp³-hybridized carbons (Fsp3) is 0.522. The van der Waals surface area contributed by atoms with Gasteiger partial charge in [-0.05, 0) is 64.0 Å². The SMILES string of the molecule is CC(C)[Si](C(C)C)(C(C)C)n1cc2c3c(cccc31)C1=CC(=O)CC1C2. The molecule has 1 heterocycles. The van der Waals surface area contributed by atoms with Crippen molar-refractivity contribution in [2.75, 3.05) is 0 Å². The summed E-state index contributed by atoms with van der Waals surface area (Å²) in [5.41, 5.74) is 7.50. The minimum Gasteiger partial charge on any atom is -0.373 e. The van der Waals surface area contributed by atoms with Crippen LogP contribution in [0.5, 0.6) is 0 Å². The first kappa shape index (κ1) is 17.8. The van der Waals surface area contributed by atoms with Crippen LogP contribution in [0.4, 0.5) is 0 Å².